The Hall–Kier alpha value is -1.98. The fourth-order valence-corrected chi connectivity index (χ4v) is 2.30. The molecule has 2 rings (SSSR count). The summed E-state index contributed by atoms with van der Waals surface area (Å²) >= 11 is 5.96. The number of nitrogens with zero attached hydrogens (tertiary/aromatic N) is 1. The summed E-state index contributed by atoms with van der Waals surface area (Å²) in [5, 5.41) is 13.0. The minimum Gasteiger partial charge on any atom is -0.380 e. The van der Waals surface area contributed by atoms with Crippen molar-refractivity contribution in [2.45, 2.75) is 20.4 Å². The van der Waals surface area contributed by atoms with Gasteiger partial charge in [-0.2, -0.15) is 5.26 Å². The molecular weight excluding hydrogens is 256 g/mol. The largest absolute Gasteiger partial charge is 0.380 e. The molecule has 0 saturated carbocycles. The van der Waals surface area contributed by atoms with Crippen molar-refractivity contribution in [2.75, 3.05) is 5.32 Å². The fraction of sp³-hybridized carbons (Fsp3) is 0.188. The number of nitrogens with one attached hydrogen (secondary N) is 1. The first-order valence-corrected chi connectivity index (χ1v) is 6.47. The van der Waals surface area contributed by atoms with Gasteiger partial charge in [0.15, 0.2) is 0 Å². The minimum atomic E-state index is 0.605. The first-order chi connectivity index (χ1) is 9.08. The second-order valence-corrected chi connectivity index (χ2v) is 5.09. The predicted octanol–water partition coefficient (Wildman–Crippen LogP) is 4.44. The summed E-state index contributed by atoms with van der Waals surface area (Å²) in [7, 11) is 0. The van der Waals surface area contributed by atoms with Gasteiger partial charge >= 0.3 is 0 Å². The monoisotopic (exact) mass is 270 g/mol. The predicted molar refractivity (Wildman–Crippen MR) is 79.4 cm³/mol. The first kappa shape index (κ1) is 13.5. The van der Waals surface area contributed by atoms with Gasteiger partial charge in [0.25, 0.3) is 0 Å². The van der Waals surface area contributed by atoms with E-state index in [-0.39, 0.29) is 0 Å². The maximum Gasteiger partial charge on any atom is 0.101 e. The van der Waals surface area contributed by atoms with Crippen molar-refractivity contribution in [2.24, 2.45) is 0 Å². The molecule has 96 valence electrons. The molecule has 0 spiro atoms. The molecule has 2 aromatic rings. The first-order valence-electron chi connectivity index (χ1n) is 6.09. The molecule has 0 aromatic heterocycles. The van der Waals surface area contributed by atoms with Gasteiger partial charge in [-0.05, 0) is 37.6 Å². The van der Waals surface area contributed by atoms with E-state index in [1.165, 1.54) is 16.7 Å². The van der Waals surface area contributed by atoms with Gasteiger partial charge in [-0.1, -0.05) is 40.9 Å². The van der Waals surface area contributed by atoms with Crippen LogP contribution in [0, 0.1) is 25.2 Å². The molecule has 0 aliphatic heterocycles. The van der Waals surface area contributed by atoms with Crippen LogP contribution in [0.25, 0.3) is 0 Å². The van der Waals surface area contributed by atoms with Crippen LogP contribution >= 0.6 is 11.6 Å². The van der Waals surface area contributed by atoms with E-state index in [1.807, 2.05) is 0 Å². The summed E-state index contributed by atoms with van der Waals surface area (Å²) in [5.41, 5.74) is 5.05. The van der Waals surface area contributed by atoms with Crippen molar-refractivity contribution in [3.8, 4) is 6.07 Å². The standard InChI is InChI=1S/C16H15ClN2/c1-11-5-12(2)7-13(6-11)10-19-16-8-15(17)4-3-14(16)9-18/h3-8,19H,10H2,1-2H3. The lowest BCUT2D eigenvalue weighted by Gasteiger charge is -2.10. The van der Waals surface area contributed by atoms with E-state index in [9.17, 15) is 0 Å². The van der Waals surface area contributed by atoms with Crippen LogP contribution in [0.1, 0.15) is 22.3 Å². The van der Waals surface area contributed by atoms with Crippen molar-refractivity contribution in [1.29, 1.82) is 5.26 Å². The van der Waals surface area contributed by atoms with Gasteiger partial charge in [-0.15, -0.1) is 0 Å². The number of nitriles is 1. The summed E-state index contributed by atoms with van der Waals surface area (Å²) in [6.07, 6.45) is 0. The van der Waals surface area contributed by atoms with Gasteiger partial charge in [0.05, 0.1) is 11.3 Å². The Balaban J connectivity index is 2.19. The molecule has 0 bridgehead atoms. The number of hydrogen-bond acceptors (Lipinski definition) is 2. The summed E-state index contributed by atoms with van der Waals surface area (Å²) in [6, 6.07) is 13.8. The molecular formula is C16H15ClN2. The molecule has 0 fully saturated rings. The number of hydrogen-bond donors (Lipinski definition) is 1. The zero-order valence-corrected chi connectivity index (χ0v) is 11.8. The third kappa shape index (κ3) is 3.49. The van der Waals surface area contributed by atoms with E-state index in [1.54, 1.807) is 18.2 Å². The minimum absolute atomic E-state index is 0.605. The highest BCUT2D eigenvalue weighted by molar-refractivity contribution is 6.30. The second kappa shape index (κ2) is 5.77. The zero-order valence-electron chi connectivity index (χ0n) is 11.0. The summed E-state index contributed by atoms with van der Waals surface area (Å²) in [5.74, 6) is 0. The quantitative estimate of drug-likeness (QED) is 0.895. The van der Waals surface area contributed by atoms with E-state index in [2.05, 4.69) is 43.4 Å². The lowest BCUT2D eigenvalue weighted by molar-refractivity contribution is 1.13. The van der Waals surface area contributed by atoms with Crippen molar-refractivity contribution in [3.05, 3.63) is 63.7 Å². The average Bonchev–Trinajstić information content (AvgIpc) is 2.35. The van der Waals surface area contributed by atoms with Crippen LogP contribution in [0.4, 0.5) is 5.69 Å². The van der Waals surface area contributed by atoms with E-state index < -0.39 is 0 Å². The highest BCUT2D eigenvalue weighted by Gasteiger charge is 2.03. The molecule has 0 saturated heterocycles. The molecule has 0 aliphatic rings. The number of halogens is 1. The third-order valence-electron chi connectivity index (χ3n) is 2.87. The van der Waals surface area contributed by atoms with Crippen molar-refractivity contribution in [1.82, 2.24) is 0 Å². The molecule has 0 heterocycles. The van der Waals surface area contributed by atoms with Crippen LogP contribution in [0.3, 0.4) is 0 Å². The van der Waals surface area contributed by atoms with Crippen molar-refractivity contribution >= 4 is 17.3 Å². The molecule has 0 unspecified atom stereocenters. The maximum absolute atomic E-state index is 9.06. The number of benzene rings is 2. The smallest absolute Gasteiger partial charge is 0.101 e. The second-order valence-electron chi connectivity index (χ2n) is 4.65. The molecule has 0 amide bonds. The lowest BCUT2D eigenvalue weighted by atomic mass is 10.1. The van der Waals surface area contributed by atoms with Crippen LogP contribution < -0.4 is 5.32 Å². The van der Waals surface area contributed by atoms with Gasteiger partial charge in [0, 0.05) is 11.6 Å². The third-order valence-corrected chi connectivity index (χ3v) is 3.10. The Morgan fingerprint density at radius 1 is 1.11 bits per heavy atom. The fourth-order valence-electron chi connectivity index (χ4n) is 2.13. The van der Waals surface area contributed by atoms with E-state index >= 15 is 0 Å². The van der Waals surface area contributed by atoms with Gasteiger partial charge in [0.1, 0.15) is 6.07 Å². The van der Waals surface area contributed by atoms with Gasteiger partial charge in [-0.25, -0.2) is 0 Å². The Morgan fingerprint density at radius 3 is 2.42 bits per heavy atom. The van der Waals surface area contributed by atoms with E-state index in [4.69, 9.17) is 16.9 Å². The van der Waals surface area contributed by atoms with Crippen LogP contribution in [0.15, 0.2) is 36.4 Å². The van der Waals surface area contributed by atoms with E-state index in [0.717, 1.165) is 5.69 Å². The van der Waals surface area contributed by atoms with E-state index in [0.29, 0.717) is 17.1 Å². The van der Waals surface area contributed by atoms with Crippen LogP contribution in [-0.2, 0) is 6.54 Å². The average molecular weight is 271 g/mol. The highest BCUT2D eigenvalue weighted by atomic mass is 35.5. The van der Waals surface area contributed by atoms with Crippen molar-refractivity contribution < 1.29 is 0 Å². The zero-order chi connectivity index (χ0) is 13.8. The van der Waals surface area contributed by atoms with Crippen molar-refractivity contribution in [3.63, 3.8) is 0 Å². The molecule has 1 N–H and O–H groups in total. The number of aryl methyl sites for hydroxylation is 2. The topological polar surface area (TPSA) is 35.8 Å². The molecule has 3 heteroatoms. The molecule has 0 atom stereocenters. The number of rotatable bonds is 3. The molecule has 0 aliphatic carbocycles. The Kier molecular flexibility index (Phi) is 4.09. The molecule has 0 radical (unpaired) electrons. The summed E-state index contributed by atoms with van der Waals surface area (Å²) < 4.78 is 0. The van der Waals surface area contributed by atoms with Crippen LogP contribution in [0.5, 0.6) is 0 Å². The summed E-state index contributed by atoms with van der Waals surface area (Å²) in [4.78, 5) is 0. The Labute approximate surface area is 118 Å². The molecule has 2 nitrogen and oxygen atoms in total. The Morgan fingerprint density at radius 2 is 1.79 bits per heavy atom. The van der Waals surface area contributed by atoms with Gasteiger partial charge < -0.3 is 5.32 Å². The maximum atomic E-state index is 9.06. The molecule has 19 heavy (non-hydrogen) atoms. The molecule has 2 aromatic carbocycles. The van der Waals surface area contributed by atoms with Gasteiger partial charge in [-0.3, -0.25) is 0 Å². The summed E-state index contributed by atoms with van der Waals surface area (Å²) in [6.45, 7) is 4.84. The van der Waals surface area contributed by atoms with Crippen LogP contribution in [0.2, 0.25) is 5.02 Å². The SMILES string of the molecule is Cc1cc(C)cc(CNc2cc(Cl)ccc2C#N)c1. The van der Waals surface area contributed by atoms with Gasteiger partial charge in [0.2, 0.25) is 0 Å². The normalized spacial score (nSPS) is 10.0. The highest BCUT2D eigenvalue weighted by Crippen LogP contribution is 2.21. The van der Waals surface area contributed by atoms with Crippen LogP contribution in [-0.4, -0.2) is 0 Å². The number of anilines is 1. The lowest BCUT2D eigenvalue weighted by Crippen LogP contribution is -2.02. The Bertz CT molecular complexity index is 621.